The Hall–Kier alpha value is -3.59. The molecule has 0 aliphatic rings. The maximum Gasteiger partial charge on any atom is 0.319 e. The first kappa shape index (κ1) is 21.1. The van der Waals surface area contributed by atoms with E-state index in [0.29, 0.717) is 30.9 Å². The molecule has 0 aliphatic carbocycles. The van der Waals surface area contributed by atoms with Gasteiger partial charge in [-0.3, -0.25) is 0 Å². The summed E-state index contributed by atoms with van der Waals surface area (Å²) in [6, 6.07) is 13.8. The van der Waals surface area contributed by atoms with Gasteiger partial charge in [0.25, 0.3) is 0 Å². The first-order chi connectivity index (χ1) is 14.4. The number of pyridine rings is 1. The number of nitrogens with zero attached hydrogens (tertiary/aromatic N) is 2. The minimum Gasteiger partial charge on any atom is -0.369 e. The smallest absolute Gasteiger partial charge is 0.319 e. The number of hydrogen-bond donors (Lipinski definition) is 3. The highest BCUT2D eigenvalue weighted by Gasteiger charge is 2.10. The molecule has 0 saturated heterocycles. The highest BCUT2D eigenvalue weighted by atomic mass is 16.2. The van der Waals surface area contributed by atoms with Crippen molar-refractivity contribution in [2.24, 2.45) is 0 Å². The van der Waals surface area contributed by atoms with Gasteiger partial charge in [0, 0.05) is 24.2 Å². The van der Waals surface area contributed by atoms with Crippen molar-refractivity contribution in [3.05, 3.63) is 64.2 Å². The molecule has 2 amide bonds. The Kier molecular flexibility index (Phi) is 6.53. The van der Waals surface area contributed by atoms with E-state index < -0.39 is 0 Å². The van der Waals surface area contributed by atoms with Crippen molar-refractivity contribution in [3.8, 4) is 6.07 Å². The lowest BCUT2D eigenvalue weighted by Crippen LogP contribution is -2.31. The van der Waals surface area contributed by atoms with Crippen LogP contribution in [-0.4, -0.2) is 24.1 Å². The zero-order valence-corrected chi connectivity index (χ0v) is 17.9. The van der Waals surface area contributed by atoms with E-state index in [1.165, 1.54) is 5.56 Å². The predicted molar refractivity (Wildman–Crippen MR) is 122 cm³/mol. The second-order valence-electron chi connectivity index (χ2n) is 7.50. The number of fused-ring (bicyclic) bond motifs is 1. The molecule has 1 heterocycles. The molecule has 0 radical (unpaired) electrons. The molecular weight excluding hydrogens is 374 g/mol. The number of urea groups is 1. The van der Waals surface area contributed by atoms with Gasteiger partial charge in [-0.1, -0.05) is 30.3 Å². The van der Waals surface area contributed by atoms with E-state index in [0.717, 1.165) is 33.3 Å². The van der Waals surface area contributed by atoms with Gasteiger partial charge in [0.15, 0.2) is 0 Å². The van der Waals surface area contributed by atoms with Crippen molar-refractivity contribution < 1.29 is 4.79 Å². The van der Waals surface area contributed by atoms with E-state index in [2.05, 4.69) is 33.9 Å². The van der Waals surface area contributed by atoms with Crippen molar-refractivity contribution in [1.29, 1.82) is 5.26 Å². The van der Waals surface area contributed by atoms with Gasteiger partial charge >= 0.3 is 6.03 Å². The highest BCUT2D eigenvalue weighted by Crippen LogP contribution is 2.24. The third kappa shape index (κ3) is 4.69. The van der Waals surface area contributed by atoms with E-state index in [1.54, 1.807) is 0 Å². The van der Waals surface area contributed by atoms with Crippen LogP contribution < -0.4 is 16.0 Å². The Labute approximate surface area is 177 Å². The summed E-state index contributed by atoms with van der Waals surface area (Å²) in [6.45, 7) is 9.15. The van der Waals surface area contributed by atoms with Crippen molar-refractivity contribution in [3.63, 3.8) is 0 Å². The van der Waals surface area contributed by atoms with Crippen LogP contribution in [0.1, 0.15) is 34.2 Å². The molecule has 1 aromatic heterocycles. The van der Waals surface area contributed by atoms with E-state index in [1.807, 2.05) is 57.2 Å². The lowest BCUT2D eigenvalue weighted by molar-refractivity contribution is 0.252. The van der Waals surface area contributed by atoms with Gasteiger partial charge in [0.1, 0.15) is 11.9 Å². The first-order valence-electron chi connectivity index (χ1n) is 10.1. The van der Waals surface area contributed by atoms with Crippen molar-refractivity contribution in [1.82, 2.24) is 10.3 Å². The molecule has 0 atom stereocenters. The number of anilines is 2. The minimum absolute atomic E-state index is 0.222. The number of para-hydroxylation sites is 1. The van der Waals surface area contributed by atoms with Crippen LogP contribution in [0.15, 0.2) is 36.4 Å². The van der Waals surface area contributed by atoms with Crippen LogP contribution in [0.3, 0.4) is 0 Å². The molecule has 6 nitrogen and oxygen atoms in total. The van der Waals surface area contributed by atoms with E-state index in [-0.39, 0.29) is 6.03 Å². The van der Waals surface area contributed by atoms with Gasteiger partial charge in [0.2, 0.25) is 0 Å². The monoisotopic (exact) mass is 401 g/mol. The summed E-state index contributed by atoms with van der Waals surface area (Å²) in [6.07, 6.45) is 0.706. The molecule has 0 spiro atoms. The summed E-state index contributed by atoms with van der Waals surface area (Å²) in [7, 11) is 0. The Morgan fingerprint density at radius 2 is 1.77 bits per heavy atom. The van der Waals surface area contributed by atoms with Crippen LogP contribution in [0.2, 0.25) is 0 Å². The fourth-order valence-electron chi connectivity index (χ4n) is 3.37. The molecule has 0 bridgehead atoms. The van der Waals surface area contributed by atoms with Crippen molar-refractivity contribution in [2.75, 3.05) is 23.7 Å². The zero-order chi connectivity index (χ0) is 21.7. The Bertz CT molecular complexity index is 1110. The number of rotatable bonds is 6. The molecular formula is C24H27N5O. The fourth-order valence-corrected chi connectivity index (χ4v) is 3.37. The molecule has 2 aromatic carbocycles. The average molecular weight is 402 g/mol. The molecule has 0 aliphatic heterocycles. The van der Waals surface area contributed by atoms with Gasteiger partial charge in [-0.15, -0.1) is 0 Å². The van der Waals surface area contributed by atoms with Crippen LogP contribution in [0.4, 0.5) is 16.3 Å². The topological polar surface area (TPSA) is 89.8 Å². The van der Waals surface area contributed by atoms with Crippen LogP contribution in [0.25, 0.3) is 10.9 Å². The average Bonchev–Trinajstić information content (AvgIpc) is 2.73. The van der Waals surface area contributed by atoms with Crippen molar-refractivity contribution >= 4 is 28.4 Å². The number of hydrogen-bond acceptors (Lipinski definition) is 4. The maximum atomic E-state index is 12.2. The SMILES string of the molecule is Cc1cccc(C)c1NC(=O)NCCCNc1nc2c(C)c(C)ccc2cc1C#N. The molecule has 0 unspecified atom stereocenters. The van der Waals surface area contributed by atoms with E-state index in [4.69, 9.17) is 0 Å². The number of aromatic nitrogens is 1. The number of amides is 2. The van der Waals surface area contributed by atoms with Gasteiger partial charge in [-0.2, -0.15) is 5.26 Å². The lowest BCUT2D eigenvalue weighted by atomic mass is 10.0. The lowest BCUT2D eigenvalue weighted by Gasteiger charge is -2.13. The molecule has 0 fully saturated rings. The quantitative estimate of drug-likeness (QED) is 0.509. The second-order valence-corrected chi connectivity index (χ2v) is 7.50. The molecule has 3 rings (SSSR count). The van der Waals surface area contributed by atoms with Crippen LogP contribution in [-0.2, 0) is 0 Å². The third-order valence-electron chi connectivity index (χ3n) is 5.28. The van der Waals surface area contributed by atoms with Gasteiger partial charge < -0.3 is 16.0 Å². The van der Waals surface area contributed by atoms with Gasteiger partial charge in [-0.05, 0) is 62.4 Å². The Balaban J connectivity index is 1.55. The minimum atomic E-state index is -0.222. The predicted octanol–water partition coefficient (Wildman–Crippen LogP) is 4.96. The van der Waals surface area contributed by atoms with Gasteiger partial charge in [0.05, 0.1) is 11.1 Å². The maximum absolute atomic E-state index is 12.2. The molecule has 30 heavy (non-hydrogen) atoms. The first-order valence-corrected chi connectivity index (χ1v) is 10.1. The number of carbonyl (C=O) groups is 1. The molecule has 154 valence electrons. The molecule has 3 N–H and O–H groups in total. The highest BCUT2D eigenvalue weighted by molar-refractivity contribution is 5.91. The number of carbonyl (C=O) groups excluding carboxylic acids is 1. The van der Waals surface area contributed by atoms with Crippen molar-refractivity contribution in [2.45, 2.75) is 34.1 Å². The summed E-state index contributed by atoms with van der Waals surface area (Å²) in [4.78, 5) is 16.8. The van der Waals surface area contributed by atoms with Crippen LogP contribution >= 0.6 is 0 Å². The standard InChI is InChI=1S/C24H27N5O/c1-15-9-10-19-13-20(14-25)23(28-22(19)18(15)4)26-11-6-12-27-24(30)29-21-16(2)7-5-8-17(21)3/h5,7-10,13H,6,11-12H2,1-4H3,(H,26,28)(H2,27,29,30). The van der Waals surface area contributed by atoms with Crippen LogP contribution in [0, 0.1) is 39.0 Å². The number of nitriles is 1. The Morgan fingerprint density at radius 3 is 2.47 bits per heavy atom. The summed E-state index contributed by atoms with van der Waals surface area (Å²) in [5.74, 6) is 0.582. The summed E-state index contributed by atoms with van der Waals surface area (Å²) in [5.41, 5.74) is 6.62. The summed E-state index contributed by atoms with van der Waals surface area (Å²) < 4.78 is 0. The Morgan fingerprint density at radius 1 is 1.03 bits per heavy atom. The van der Waals surface area contributed by atoms with Crippen LogP contribution in [0.5, 0.6) is 0 Å². The zero-order valence-electron chi connectivity index (χ0n) is 17.9. The molecule has 6 heteroatoms. The fraction of sp³-hybridized carbons (Fsp3) is 0.292. The normalized spacial score (nSPS) is 10.5. The summed E-state index contributed by atoms with van der Waals surface area (Å²) >= 11 is 0. The summed E-state index contributed by atoms with van der Waals surface area (Å²) in [5, 5.41) is 19.5. The van der Waals surface area contributed by atoms with Gasteiger partial charge in [-0.25, -0.2) is 9.78 Å². The van der Waals surface area contributed by atoms with E-state index >= 15 is 0 Å². The second kappa shape index (κ2) is 9.27. The molecule has 0 saturated carbocycles. The largest absolute Gasteiger partial charge is 0.369 e. The third-order valence-corrected chi connectivity index (χ3v) is 5.28. The van der Waals surface area contributed by atoms with E-state index in [9.17, 15) is 10.1 Å². The number of benzene rings is 2. The number of aryl methyl sites for hydroxylation is 4. The number of nitrogens with one attached hydrogen (secondary N) is 3. The molecule has 3 aromatic rings.